The Morgan fingerprint density at radius 1 is 0.774 bits per heavy atom. The Kier molecular flexibility index (Phi) is 41.0. The number of hydrogen-bond acceptors (Lipinski definition) is 6. The molecular weight excluding hydrogens is 432 g/mol. The molecule has 182 valence electrons. The maximum atomic E-state index is 11.3. The zero-order chi connectivity index (χ0) is 23.5. The first kappa shape index (κ1) is 37.6. The van der Waals surface area contributed by atoms with Crippen molar-refractivity contribution in [1.29, 1.82) is 0 Å². The first-order chi connectivity index (χ1) is 14.5. The van der Waals surface area contributed by atoms with Gasteiger partial charge in [-0.1, -0.05) is 83.7 Å². The normalized spacial score (nSPS) is 9.94. The summed E-state index contributed by atoms with van der Waals surface area (Å²) in [6.45, 7) is 9.58. The molecule has 0 bridgehead atoms. The fourth-order valence-electron chi connectivity index (χ4n) is 1.64. The van der Waals surface area contributed by atoms with Crippen molar-refractivity contribution in [3.05, 3.63) is 35.9 Å². The molecule has 0 fully saturated rings. The molecule has 0 radical (unpaired) electrons. The summed E-state index contributed by atoms with van der Waals surface area (Å²) in [6.07, 6.45) is 6.74. The molecule has 0 saturated heterocycles. The summed E-state index contributed by atoms with van der Waals surface area (Å²) in [5.41, 5.74) is 0.569. The van der Waals surface area contributed by atoms with Crippen molar-refractivity contribution >= 4 is 5.97 Å². The molecule has 1 rings (SSSR count). The Bertz CT molecular complexity index is 411. The van der Waals surface area contributed by atoms with Gasteiger partial charge in [-0.2, -0.15) is 0 Å². The molecule has 0 saturated carbocycles. The minimum absolute atomic E-state index is 0. The summed E-state index contributed by atoms with van der Waals surface area (Å²) in [7, 11) is 0. The second-order valence-electron chi connectivity index (χ2n) is 6.57. The van der Waals surface area contributed by atoms with Crippen LogP contribution >= 0.6 is 0 Å². The molecule has 0 aromatic heterocycles. The van der Waals surface area contributed by atoms with Gasteiger partial charge in [0.25, 0.3) is 0 Å². The third kappa shape index (κ3) is 31.5. The molecular formula is C24H46O6Ti. The van der Waals surface area contributed by atoms with Crippen LogP contribution in [-0.4, -0.2) is 52.8 Å². The number of unbranched alkanes of at least 4 members (excludes halogenated alkanes) is 4. The van der Waals surface area contributed by atoms with Gasteiger partial charge in [-0.3, -0.25) is 0 Å². The first-order valence-corrected chi connectivity index (χ1v) is 11.2. The Morgan fingerprint density at radius 2 is 1.16 bits per heavy atom. The first-order valence-electron chi connectivity index (χ1n) is 11.2. The molecule has 0 aliphatic rings. The molecule has 0 amide bonds. The van der Waals surface area contributed by atoms with E-state index in [-0.39, 0.29) is 21.7 Å². The van der Waals surface area contributed by atoms with Gasteiger partial charge in [-0.25, -0.2) is 4.79 Å². The maximum Gasteiger partial charge on any atom is 0.339 e. The number of esters is 1. The van der Waals surface area contributed by atoms with Gasteiger partial charge >= 0.3 is 5.97 Å². The van der Waals surface area contributed by atoms with Gasteiger partial charge in [0.2, 0.25) is 0 Å². The molecule has 31 heavy (non-hydrogen) atoms. The van der Waals surface area contributed by atoms with E-state index in [0.29, 0.717) is 32.0 Å². The summed E-state index contributed by atoms with van der Waals surface area (Å²) < 4.78 is 4.91. The summed E-state index contributed by atoms with van der Waals surface area (Å²) in [6, 6.07) is 8.78. The van der Waals surface area contributed by atoms with Crippen molar-refractivity contribution in [2.45, 2.75) is 85.2 Å². The van der Waals surface area contributed by atoms with Crippen LogP contribution in [0.2, 0.25) is 0 Å². The van der Waals surface area contributed by atoms with E-state index in [1.165, 1.54) is 0 Å². The van der Waals surface area contributed by atoms with Gasteiger partial charge in [0.1, 0.15) is 0 Å². The standard InChI is InChI=1S/C12H16O3.3C4H10O.Ti/c1-2-3-9-15-12(14)11(13)10-7-5-4-6-8-10;3*1-2-3-4-5;/h4-8,11,13H,2-3,9H2,1H3;3*5H,2-4H2,1H3;. The van der Waals surface area contributed by atoms with E-state index in [1.54, 1.807) is 24.3 Å². The number of hydrogen-bond donors (Lipinski definition) is 4. The molecule has 6 nitrogen and oxygen atoms in total. The molecule has 4 N–H and O–H groups in total. The molecule has 1 unspecified atom stereocenters. The maximum absolute atomic E-state index is 11.3. The number of aliphatic hydroxyl groups excluding tert-OH is 4. The van der Waals surface area contributed by atoms with E-state index in [0.717, 1.165) is 51.4 Å². The summed E-state index contributed by atoms with van der Waals surface area (Å²) in [4.78, 5) is 11.3. The third-order valence-corrected chi connectivity index (χ3v) is 3.62. The van der Waals surface area contributed by atoms with Crippen molar-refractivity contribution < 1.29 is 51.7 Å². The van der Waals surface area contributed by atoms with E-state index in [2.05, 4.69) is 20.8 Å². The van der Waals surface area contributed by atoms with Crippen LogP contribution < -0.4 is 0 Å². The van der Waals surface area contributed by atoms with Gasteiger partial charge in [0.05, 0.1) is 6.61 Å². The topological polar surface area (TPSA) is 107 Å². The van der Waals surface area contributed by atoms with Crippen molar-refractivity contribution in [3.63, 3.8) is 0 Å². The quantitative estimate of drug-likeness (QED) is 0.213. The van der Waals surface area contributed by atoms with E-state index in [1.807, 2.05) is 13.0 Å². The summed E-state index contributed by atoms with van der Waals surface area (Å²) >= 11 is 0. The largest absolute Gasteiger partial charge is 0.464 e. The third-order valence-electron chi connectivity index (χ3n) is 3.62. The van der Waals surface area contributed by atoms with Gasteiger partial charge < -0.3 is 25.2 Å². The second-order valence-corrected chi connectivity index (χ2v) is 6.57. The number of aliphatic hydroxyl groups is 4. The fourth-order valence-corrected chi connectivity index (χ4v) is 1.64. The number of carbonyl (C=O) groups is 1. The van der Waals surface area contributed by atoms with Gasteiger partial charge in [0, 0.05) is 41.5 Å². The zero-order valence-electron chi connectivity index (χ0n) is 20.1. The van der Waals surface area contributed by atoms with Gasteiger partial charge in [-0.05, 0) is 31.2 Å². The minimum atomic E-state index is -1.16. The summed E-state index contributed by atoms with van der Waals surface area (Å²) in [5.74, 6) is -0.574. The van der Waals surface area contributed by atoms with Crippen LogP contribution in [0.3, 0.4) is 0 Å². The van der Waals surface area contributed by atoms with Crippen molar-refractivity contribution in [2.24, 2.45) is 0 Å². The van der Waals surface area contributed by atoms with E-state index in [4.69, 9.17) is 20.1 Å². The number of carbonyl (C=O) groups excluding carboxylic acids is 1. The Morgan fingerprint density at radius 3 is 1.45 bits per heavy atom. The van der Waals surface area contributed by atoms with E-state index < -0.39 is 12.1 Å². The van der Waals surface area contributed by atoms with Crippen LogP contribution in [-0.2, 0) is 31.2 Å². The van der Waals surface area contributed by atoms with Crippen LogP contribution in [0.25, 0.3) is 0 Å². The molecule has 0 heterocycles. The van der Waals surface area contributed by atoms with Crippen LogP contribution in [0.15, 0.2) is 30.3 Å². The van der Waals surface area contributed by atoms with E-state index in [9.17, 15) is 9.90 Å². The SMILES string of the molecule is CCCCO.CCCCO.CCCCO.CCCCOC(=O)C(O)c1ccccc1.[Ti]. The summed E-state index contributed by atoms with van der Waals surface area (Å²) in [5, 5.41) is 33.8. The van der Waals surface area contributed by atoms with Crippen LogP contribution in [0.1, 0.15) is 90.7 Å². The van der Waals surface area contributed by atoms with Gasteiger partial charge in [-0.15, -0.1) is 0 Å². The molecule has 0 aliphatic carbocycles. The number of ether oxygens (including phenoxy) is 1. The molecule has 0 spiro atoms. The smallest absolute Gasteiger partial charge is 0.339 e. The Hall–Kier alpha value is -0.756. The van der Waals surface area contributed by atoms with Crippen LogP contribution in [0, 0.1) is 0 Å². The minimum Gasteiger partial charge on any atom is -0.464 e. The number of rotatable bonds is 11. The van der Waals surface area contributed by atoms with Gasteiger partial charge in [0.15, 0.2) is 6.10 Å². The average Bonchev–Trinajstić information content (AvgIpc) is 2.77. The molecule has 0 aliphatic heterocycles. The Labute approximate surface area is 204 Å². The molecule has 1 aromatic carbocycles. The monoisotopic (exact) mass is 478 g/mol. The van der Waals surface area contributed by atoms with Crippen LogP contribution in [0.5, 0.6) is 0 Å². The Balaban J connectivity index is -0.000000189. The van der Waals surface area contributed by atoms with Crippen molar-refractivity contribution in [1.82, 2.24) is 0 Å². The van der Waals surface area contributed by atoms with E-state index >= 15 is 0 Å². The van der Waals surface area contributed by atoms with Crippen molar-refractivity contribution in [2.75, 3.05) is 26.4 Å². The number of benzene rings is 1. The second kappa shape index (κ2) is 33.9. The fraction of sp³-hybridized carbons (Fsp3) is 0.708. The zero-order valence-corrected chi connectivity index (χ0v) is 21.6. The molecule has 7 heteroatoms. The average molecular weight is 478 g/mol. The molecule has 1 atom stereocenters. The predicted molar refractivity (Wildman–Crippen MR) is 123 cm³/mol. The van der Waals surface area contributed by atoms with Crippen LogP contribution in [0.4, 0.5) is 0 Å². The predicted octanol–water partition coefficient (Wildman–Crippen LogP) is 4.40. The van der Waals surface area contributed by atoms with Crippen molar-refractivity contribution in [3.8, 4) is 0 Å². The molecule has 1 aromatic rings.